The molecule has 1 aliphatic heterocycles. The number of hydrazine groups is 1. The van der Waals surface area contributed by atoms with Crippen molar-refractivity contribution in [3.63, 3.8) is 0 Å². The first-order chi connectivity index (χ1) is 12.6. The summed E-state index contributed by atoms with van der Waals surface area (Å²) in [7, 11) is 0. The van der Waals surface area contributed by atoms with Crippen LogP contribution in [0.5, 0.6) is 0 Å². The van der Waals surface area contributed by atoms with E-state index in [1.54, 1.807) is 12.4 Å². The van der Waals surface area contributed by atoms with Crippen molar-refractivity contribution in [2.75, 3.05) is 5.32 Å². The first-order valence-corrected chi connectivity index (χ1v) is 9.17. The Bertz CT molecular complexity index is 734. The van der Waals surface area contributed by atoms with Crippen LogP contribution >= 0.6 is 0 Å². The number of anilines is 1. The Balaban J connectivity index is 1.69. The third-order valence-corrected chi connectivity index (χ3v) is 4.65. The Kier molecular flexibility index (Phi) is 5.85. The van der Waals surface area contributed by atoms with E-state index in [0.29, 0.717) is 11.6 Å². The van der Waals surface area contributed by atoms with Gasteiger partial charge >= 0.3 is 0 Å². The molecule has 4 N–H and O–H groups in total. The summed E-state index contributed by atoms with van der Waals surface area (Å²) < 4.78 is 0. The highest BCUT2D eigenvalue weighted by Gasteiger charge is 2.36. The molecule has 0 aliphatic carbocycles. The molecule has 0 saturated carbocycles. The number of carbonyl (C=O) groups excluding carboxylic acids is 1. The van der Waals surface area contributed by atoms with Crippen molar-refractivity contribution in [2.24, 2.45) is 5.92 Å². The molecular weight excluding hydrogens is 326 g/mol. The lowest BCUT2D eigenvalue weighted by Gasteiger charge is -2.22. The van der Waals surface area contributed by atoms with Gasteiger partial charge in [0.25, 0.3) is 5.91 Å². The maximum absolute atomic E-state index is 12.7. The summed E-state index contributed by atoms with van der Waals surface area (Å²) in [6, 6.07) is 12.1. The number of rotatable bonds is 6. The maximum Gasteiger partial charge on any atom is 0.252 e. The molecule has 1 saturated heterocycles. The molecule has 0 bridgehead atoms. The molecule has 0 radical (unpaired) electrons. The highest BCUT2D eigenvalue weighted by atomic mass is 16.1. The van der Waals surface area contributed by atoms with Crippen LogP contribution < -0.4 is 21.5 Å². The average Bonchev–Trinajstić information content (AvgIpc) is 3.04. The Hall–Kier alpha value is -2.44. The number of amides is 1. The van der Waals surface area contributed by atoms with Crippen LogP contribution in [-0.4, -0.2) is 23.1 Å². The van der Waals surface area contributed by atoms with Crippen LogP contribution in [0.25, 0.3) is 0 Å². The topological polar surface area (TPSA) is 78.1 Å². The largest absolute Gasteiger partial charge is 0.383 e. The summed E-state index contributed by atoms with van der Waals surface area (Å²) in [5.74, 6) is 0.170. The van der Waals surface area contributed by atoms with Crippen molar-refractivity contribution >= 4 is 11.6 Å². The number of carbonyl (C=O) groups is 1. The van der Waals surface area contributed by atoms with Gasteiger partial charge in [0.1, 0.15) is 0 Å². The minimum atomic E-state index is -0.132. The van der Waals surface area contributed by atoms with Crippen molar-refractivity contribution in [3.8, 4) is 0 Å². The van der Waals surface area contributed by atoms with Crippen molar-refractivity contribution < 1.29 is 4.79 Å². The van der Waals surface area contributed by atoms with Gasteiger partial charge in [0, 0.05) is 35.6 Å². The minimum Gasteiger partial charge on any atom is -0.383 e. The molecule has 1 amide bonds. The SMILES string of the molecule is CCC1C(NC(=O)c2cccc(NC(C)C)c2)NNC1c1ccncc1. The monoisotopic (exact) mass is 353 g/mol. The van der Waals surface area contributed by atoms with Crippen LogP contribution in [0.3, 0.4) is 0 Å². The van der Waals surface area contributed by atoms with Gasteiger partial charge in [-0.3, -0.25) is 9.78 Å². The zero-order valence-corrected chi connectivity index (χ0v) is 15.5. The van der Waals surface area contributed by atoms with Crippen LogP contribution in [0, 0.1) is 5.92 Å². The van der Waals surface area contributed by atoms with Crippen LogP contribution in [-0.2, 0) is 0 Å². The number of hydrogen-bond acceptors (Lipinski definition) is 5. The molecule has 1 fully saturated rings. The molecule has 6 heteroatoms. The molecule has 138 valence electrons. The van der Waals surface area contributed by atoms with E-state index in [0.717, 1.165) is 12.1 Å². The van der Waals surface area contributed by atoms with Gasteiger partial charge in [-0.2, -0.15) is 0 Å². The molecule has 1 aromatic carbocycles. The summed E-state index contributed by atoms with van der Waals surface area (Å²) in [5.41, 5.74) is 9.32. The van der Waals surface area contributed by atoms with Crippen LogP contribution in [0.15, 0.2) is 48.8 Å². The zero-order chi connectivity index (χ0) is 18.5. The van der Waals surface area contributed by atoms with Gasteiger partial charge in [0.05, 0.1) is 12.2 Å². The van der Waals surface area contributed by atoms with Gasteiger partial charge in [0.2, 0.25) is 0 Å². The van der Waals surface area contributed by atoms with E-state index in [2.05, 4.69) is 47.2 Å². The second kappa shape index (κ2) is 8.29. The van der Waals surface area contributed by atoms with E-state index in [-0.39, 0.29) is 24.0 Å². The van der Waals surface area contributed by atoms with E-state index < -0.39 is 0 Å². The molecule has 26 heavy (non-hydrogen) atoms. The predicted molar refractivity (Wildman–Crippen MR) is 103 cm³/mol. The second-order valence-corrected chi connectivity index (χ2v) is 6.95. The fraction of sp³-hybridized carbons (Fsp3) is 0.400. The Morgan fingerprint density at radius 2 is 1.96 bits per heavy atom. The lowest BCUT2D eigenvalue weighted by molar-refractivity contribution is 0.0920. The predicted octanol–water partition coefficient (Wildman–Crippen LogP) is 2.83. The minimum absolute atomic E-state index is 0.0782. The van der Waals surface area contributed by atoms with Crippen LogP contribution in [0.1, 0.15) is 49.2 Å². The molecule has 0 spiro atoms. The Morgan fingerprint density at radius 1 is 1.19 bits per heavy atom. The summed E-state index contributed by atoms with van der Waals surface area (Å²) in [4.78, 5) is 16.8. The highest BCUT2D eigenvalue weighted by Crippen LogP contribution is 2.30. The summed E-state index contributed by atoms with van der Waals surface area (Å²) in [5, 5.41) is 6.45. The Morgan fingerprint density at radius 3 is 2.65 bits per heavy atom. The van der Waals surface area contributed by atoms with E-state index >= 15 is 0 Å². The highest BCUT2D eigenvalue weighted by molar-refractivity contribution is 5.95. The molecular formula is C20H27N5O. The fourth-order valence-corrected chi connectivity index (χ4v) is 3.41. The van der Waals surface area contributed by atoms with Gasteiger partial charge in [-0.25, -0.2) is 10.9 Å². The molecule has 3 rings (SSSR count). The number of aromatic nitrogens is 1. The summed E-state index contributed by atoms with van der Waals surface area (Å²) in [6.07, 6.45) is 4.39. The third-order valence-electron chi connectivity index (χ3n) is 4.65. The second-order valence-electron chi connectivity index (χ2n) is 6.95. The average molecular weight is 353 g/mol. The quantitative estimate of drug-likeness (QED) is 0.642. The standard InChI is InChI=1S/C20H27N5O/c1-4-17-18(14-8-10-21-11-9-14)24-25-19(17)23-20(26)15-6-5-7-16(12-15)22-13(2)3/h5-13,17-19,22,24-25H,4H2,1-3H3,(H,23,26). The molecule has 1 aromatic heterocycles. The number of benzene rings is 1. The van der Waals surface area contributed by atoms with E-state index in [1.165, 1.54) is 5.56 Å². The Labute approximate surface area is 154 Å². The third kappa shape index (κ3) is 4.20. The fourth-order valence-electron chi connectivity index (χ4n) is 3.41. The van der Waals surface area contributed by atoms with Gasteiger partial charge in [0.15, 0.2) is 0 Å². The smallest absolute Gasteiger partial charge is 0.252 e. The zero-order valence-electron chi connectivity index (χ0n) is 15.5. The van der Waals surface area contributed by atoms with Gasteiger partial charge < -0.3 is 10.6 Å². The first-order valence-electron chi connectivity index (χ1n) is 9.17. The van der Waals surface area contributed by atoms with E-state index in [1.807, 2.05) is 36.4 Å². The van der Waals surface area contributed by atoms with E-state index in [9.17, 15) is 4.79 Å². The van der Waals surface area contributed by atoms with Gasteiger partial charge in [-0.05, 0) is 56.2 Å². The van der Waals surface area contributed by atoms with Crippen molar-refractivity contribution in [1.29, 1.82) is 0 Å². The number of hydrogen-bond donors (Lipinski definition) is 4. The van der Waals surface area contributed by atoms with Crippen molar-refractivity contribution in [2.45, 2.75) is 45.4 Å². The summed E-state index contributed by atoms with van der Waals surface area (Å²) >= 11 is 0. The summed E-state index contributed by atoms with van der Waals surface area (Å²) in [6.45, 7) is 6.29. The lowest BCUT2D eigenvalue weighted by atomic mass is 9.91. The maximum atomic E-state index is 12.7. The van der Waals surface area contributed by atoms with Crippen LogP contribution in [0.2, 0.25) is 0 Å². The molecule has 6 nitrogen and oxygen atoms in total. The first kappa shape index (κ1) is 18.4. The number of nitrogens with zero attached hydrogens (tertiary/aromatic N) is 1. The normalized spacial score (nSPS) is 22.4. The van der Waals surface area contributed by atoms with Gasteiger partial charge in [-0.15, -0.1) is 0 Å². The molecule has 3 unspecified atom stereocenters. The van der Waals surface area contributed by atoms with Gasteiger partial charge in [-0.1, -0.05) is 13.0 Å². The van der Waals surface area contributed by atoms with Crippen LogP contribution in [0.4, 0.5) is 5.69 Å². The molecule has 2 aromatic rings. The molecule has 3 atom stereocenters. The number of nitrogens with one attached hydrogen (secondary N) is 4. The number of pyridine rings is 1. The molecule has 1 aliphatic rings. The van der Waals surface area contributed by atoms with Crippen molar-refractivity contribution in [1.82, 2.24) is 21.2 Å². The van der Waals surface area contributed by atoms with E-state index in [4.69, 9.17) is 0 Å². The van der Waals surface area contributed by atoms with Crippen molar-refractivity contribution in [3.05, 3.63) is 59.9 Å². The lowest BCUT2D eigenvalue weighted by Crippen LogP contribution is -2.46. The molecule has 2 heterocycles.